The van der Waals surface area contributed by atoms with Crippen molar-refractivity contribution in [2.24, 2.45) is 0 Å². The van der Waals surface area contributed by atoms with Crippen LogP contribution in [0, 0.1) is 0 Å². The van der Waals surface area contributed by atoms with E-state index in [4.69, 9.17) is 11.6 Å². The van der Waals surface area contributed by atoms with Crippen molar-refractivity contribution in [3.05, 3.63) is 28.5 Å². The maximum Gasteiger partial charge on any atom is 0.341 e. The third-order valence-electron chi connectivity index (χ3n) is 3.33. The van der Waals surface area contributed by atoms with Crippen LogP contribution in [0.5, 0.6) is 0 Å². The fourth-order valence-corrected chi connectivity index (χ4v) is 2.46. The SMILES string of the molecule is CC(=O)N1Cc2ccc(Cl)nc2CC1(C(=O)O)C(=O)O. The van der Waals surface area contributed by atoms with Gasteiger partial charge < -0.3 is 15.1 Å². The summed E-state index contributed by atoms with van der Waals surface area (Å²) in [6, 6.07) is 3.11. The van der Waals surface area contributed by atoms with Gasteiger partial charge in [-0.05, 0) is 11.6 Å². The first kappa shape index (κ1) is 14.3. The second kappa shape index (κ2) is 4.75. The smallest absolute Gasteiger partial charge is 0.341 e. The third-order valence-corrected chi connectivity index (χ3v) is 3.55. The number of hydrogen-bond acceptors (Lipinski definition) is 4. The number of fused-ring (bicyclic) bond motifs is 1. The highest BCUT2D eigenvalue weighted by Crippen LogP contribution is 2.32. The van der Waals surface area contributed by atoms with Crippen LogP contribution in [-0.2, 0) is 27.3 Å². The van der Waals surface area contributed by atoms with E-state index in [1.54, 1.807) is 6.07 Å². The number of amides is 1. The minimum Gasteiger partial charge on any atom is -0.479 e. The summed E-state index contributed by atoms with van der Waals surface area (Å²) >= 11 is 5.74. The Morgan fingerprint density at radius 2 is 1.90 bits per heavy atom. The second-order valence-electron chi connectivity index (χ2n) is 4.49. The molecule has 0 saturated heterocycles. The summed E-state index contributed by atoms with van der Waals surface area (Å²) in [5, 5.41) is 18.8. The average molecular weight is 299 g/mol. The number of pyridine rings is 1. The topological polar surface area (TPSA) is 108 Å². The molecule has 0 atom stereocenters. The number of carbonyl (C=O) groups is 3. The average Bonchev–Trinajstić information content (AvgIpc) is 2.36. The van der Waals surface area contributed by atoms with Gasteiger partial charge in [0.05, 0.1) is 5.69 Å². The van der Waals surface area contributed by atoms with Gasteiger partial charge in [-0.3, -0.25) is 4.79 Å². The molecule has 0 aliphatic carbocycles. The van der Waals surface area contributed by atoms with Gasteiger partial charge in [0.2, 0.25) is 11.4 Å². The molecule has 2 heterocycles. The molecule has 0 fully saturated rings. The van der Waals surface area contributed by atoms with Gasteiger partial charge in [-0.25, -0.2) is 14.6 Å². The van der Waals surface area contributed by atoms with Crippen LogP contribution in [0.4, 0.5) is 0 Å². The van der Waals surface area contributed by atoms with Gasteiger partial charge in [0.1, 0.15) is 5.15 Å². The fraction of sp³-hybridized carbons (Fsp3) is 0.333. The van der Waals surface area contributed by atoms with Gasteiger partial charge in [0.25, 0.3) is 0 Å². The molecule has 0 bridgehead atoms. The first-order valence-corrected chi connectivity index (χ1v) is 6.06. The Bertz CT molecular complexity index is 602. The number of nitrogens with zero attached hydrogens (tertiary/aromatic N) is 2. The molecule has 2 rings (SSSR count). The summed E-state index contributed by atoms with van der Waals surface area (Å²) in [5.74, 6) is -3.84. The molecular formula is C12H11ClN2O5. The summed E-state index contributed by atoms with van der Waals surface area (Å²) in [6.07, 6.45) is -0.423. The molecule has 1 amide bonds. The van der Waals surface area contributed by atoms with Crippen molar-refractivity contribution in [2.75, 3.05) is 0 Å². The van der Waals surface area contributed by atoms with E-state index in [1.807, 2.05) is 0 Å². The summed E-state index contributed by atoms with van der Waals surface area (Å²) < 4.78 is 0. The number of carboxylic acids is 2. The Balaban J connectivity index is 2.63. The van der Waals surface area contributed by atoms with Crippen LogP contribution in [0.3, 0.4) is 0 Å². The Hall–Kier alpha value is -2.15. The quantitative estimate of drug-likeness (QED) is 0.610. The van der Waals surface area contributed by atoms with Crippen LogP contribution in [0.25, 0.3) is 0 Å². The third kappa shape index (κ3) is 2.00. The number of aliphatic carboxylic acids is 2. The number of carboxylic acid groups (broad SMARTS) is 2. The van der Waals surface area contributed by atoms with Gasteiger partial charge in [-0.1, -0.05) is 17.7 Å². The molecule has 106 valence electrons. The summed E-state index contributed by atoms with van der Waals surface area (Å²) in [4.78, 5) is 39.4. The van der Waals surface area contributed by atoms with Crippen LogP contribution >= 0.6 is 11.6 Å². The van der Waals surface area contributed by atoms with Crippen molar-refractivity contribution in [3.8, 4) is 0 Å². The molecule has 7 nitrogen and oxygen atoms in total. The zero-order valence-corrected chi connectivity index (χ0v) is 11.2. The van der Waals surface area contributed by atoms with Crippen LogP contribution < -0.4 is 0 Å². The zero-order chi connectivity index (χ0) is 15.1. The lowest BCUT2D eigenvalue weighted by atomic mass is 9.85. The van der Waals surface area contributed by atoms with Crippen molar-refractivity contribution >= 4 is 29.4 Å². The van der Waals surface area contributed by atoms with E-state index >= 15 is 0 Å². The lowest BCUT2D eigenvalue weighted by Gasteiger charge is -2.40. The minimum atomic E-state index is -2.35. The number of hydrogen-bond donors (Lipinski definition) is 2. The Labute approximate surface area is 118 Å². The van der Waals surface area contributed by atoms with Gasteiger partial charge in [-0.2, -0.15) is 0 Å². The fourth-order valence-electron chi connectivity index (χ4n) is 2.30. The maximum atomic E-state index is 11.7. The molecular weight excluding hydrogens is 288 g/mol. The van der Waals surface area contributed by atoms with Crippen LogP contribution in [0.2, 0.25) is 5.15 Å². The molecule has 0 spiro atoms. The normalized spacial score (nSPS) is 16.4. The van der Waals surface area contributed by atoms with Gasteiger partial charge in [0, 0.05) is 19.9 Å². The Kier molecular flexibility index (Phi) is 3.39. The summed E-state index contributed by atoms with van der Waals surface area (Å²) in [6.45, 7) is 1.00. The molecule has 0 aromatic carbocycles. The van der Waals surface area contributed by atoms with E-state index < -0.39 is 29.8 Å². The van der Waals surface area contributed by atoms with E-state index in [9.17, 15) is 24.6 Å². The van der Waals surface area contributed by atoms with Crippen molar-refractivity contribution in [3.63, 3.8) is 0 Å². The van der Waals surface area contributed by atoms with E-state index in [0.29, 0.717) is 5.56 Å². The summed E-state index contributed by atoms with van der Waals surface area (Å²) in [7, 11) is 0. The summed E-state index contributed by atoms with van der Waals surface area (Å²) in [5.41, 5.74) is -1.49. The standard InChI is InChI=1S/C12H11ClN2O5/c1-6(16)15-5-7-2-3-9(13)14-8(7)4-12(15,10(17)18)11(19)20/h2-3H,4-5H2,1H3,(H,17,18)(H,19,20). The number of carbonyl (C=O) groups excluding carboxylic acids is 1. The van der Waals surface area contributed by atoms with E-state index in [-0.39, 0.29) is 17.4 Å². The molecule has 8 heteroatoms. The molecule has 2 N–H and O–H groups in total. The van der Waals surface area contributed by atoms with Crippen molar-refractivity contribution in [2.45, 2.75) is 25.4 Å². The van der Waals surface area contributed by atoms with Crippen molar-refractivity contribution in [1.29, 1.82) is 0 Å². The van der Waals surface area contributed by atoms with Crippen molar-refractivity contribution in [1.82, 2.24) is 9.88 Å². The monoisotopic (exact) mass is 298 g/mol. The molecule has 1 aromatic heterocycles. The van der Waals surface area contributed by atoms with Crippen LogP contribution in [0.15, 0.2) is 12.1 Å². The lowest BCUT2D eigenvalue weighted by molar-refractivity contribution is -0.174. The lowest BCUT2D eigenvalue weighted by Crippen LogP contribution is -2.64. The maximum absolute atomic E-state index is 11.7. The highest BCUT2D eigenvalue weighted by atomic mass is 35.5. The number of halogens is 1. The second-order valence-corrected chi connectivity index (χ2v) is 4.88. The minimum absolute atomic E-state index is 0.132. The molecule has 0 saturated carbocycles. The first-order chi connectivity index (χ1) is 9.29. The molecule has 1 aliphatic rings. The highest BCUT2D eigenvalue weighted by molar-refractivity contribution is 6.29. The molecule has 20 heavy (non-hydrogen) atoms. The molecule has 1 aromatic rings. The van der Waals surface area contributed by atoms with E-state index in [2.05, 4.69) is 4.98 Å². The first-order valence-electron chi connectivity index (χ1n) is 5.68. The highest BCUT2D eigenvalue weighted by Gasteiger charge is 2.56. The molecule has 0 unspecified atom stereocenters. The Morgan fingerprint density at radius 3 is 2.40 bits per heavy atom. The van der Waals surface area contributed by atoms with Gasteiger partial charge in [-0.15, -0.1) is 0 Å². The largest absolute Gasteiger partial charge is 0.479 e. The Morgan fingerprint density at radius 1 is 1.30 bits per heavy atom. The van der Waals surface area contributed by atoms with Crippen molar-refractivity contribution < 1.29 is 24.6 Å². The molecule has 1 aliphatic heterocycles. The number of rotatable bonds is 2. The van der Waals surface area contributed by atoms with E-state index in [0.717, 1.165) is 11.8 Å². The zero-order valence-electron chi connectivity index (χ0n) is 10.5. The van der Waals surface area contributed by atoms with Crippen LogP contribution in [-0.4, -0.2) is 43.5 Å². The predicted molar refractivity (Wildman–Crippen MR) is 67.2 cm³/mol. The molecule has 0 radical (unpaired) electrons. The van der Waals surface area contributed by atoms with Gasteiger partial charge >= 0.3 is 11.9 Å². The predicted octanol–water partition coefficient (Wildman–Crippen LogP) is 0.548. The number of aromatic nitrogens is 1. The van der Waals surface area contributed by atoms with Crippen LogP contribution in [0.1, 0.15) is 18.2 Å². The van der Waals surface area contributed by atoms with Gasteiger partial charge in [0.15, 0.2) is 0 Å². The van der Waals surface area contributed by atoms with E-state index in [1.165, 1.54) is 6.07 Å².